The van der Waals surface area contributed by atoms with E-state index in [1.807, 2.05) is 12.3 Å². The van der Waals surface area contributed by atoms with Gasteiger partial charge in [-0.25, -0.2) is 0 Å². The van der Waals surface area contributed by atoms with Crippen LogP contribution in [0, 0.1) is 5.92 Å². The van der Waals surface area contributed by atoms with Gasteiger partial charge in [0.25, 0.3) is 0 Å². The third-order valence-corrected chi connectivity index (χ3v) is 6.70. The summed E-state index contributed by atoms with van der Waals surface area (Å²) in [7, 11) is 0. The Morgan fingerprint density at radius 1 is 1.26 bits per heavy atom. The van der Waals surface area contributed by atoms with E-state index in [1.165, 1.54) is 58.0 Å². The SMILES string of the molecule is CSCCC(=O)N(Cc1cccnc1)CC1CCCN(C2CCCCC2)C1. The van der Waals surface area contributed by atoms with Crippen LogP contribution in [0.5, 0.6) is 0 Å². The van der Waals surface area contributed by atoms with Gasteiger partial charge in [0.15, 0.2) is 0 Å². The lowest BCUT2D eigenvalue weighted by Crippen LogP contribution is -2.47. The maximum atomic E-state index is 12.8. The predicted molar refractivity (Wildman–Crippen MR) is 114 cm³/mol. The van der Waals surface area contributed by atoms with Crippen LogP contribution >= 0.6 is 11.8 Å². The second-order valence-electron chi connectivity index (χ2n) is 8.17. The standard InChI is InChI=1S/C22H35N3OS/c1-27-14-11-22(26)25(16-19-7-5-12-23-15-19)18-20-8-6-13-24(17-20)21-9-3-2-4-10-21/h5,7,12,15,20-21H,2-4,6,8-11,13-14,16-18H2,1H3. The number of aromatic nitrogens is 1. The number of piperidine rings is 1. The van der Waals surface area contributed by atoms with Gasteiger partial charge in [-0.05, 0) is 56.0 Å². The predicted octanol–water partition coefficient (Wildman–Crippen LogP) is 4.21. The van der Waals surface area contributed by atoms with Crippen molar-refractivity contribution in [3.8, 4) is 0 Å². The number of rotatable bonds is 8. The molecule has 1 aromatic heterocycles. The maximum absolute atomic E-state index is 12.8. The highest BCUT2D eigenvalue weighted by molar-refractivity contribution is 7.98. The van der Waals surface area contributed by atoms with E-state index in [1.54, 1.807) is 18.0 Å². The summed E-state index contributed by atoms with van der Waals surface area (Å²) in [5.41, 5.74) is 1.13. The molecule has 1 saturated carbocycles. The van der Waals surface area contributed by atoms with Crippen molar-refractivity contribution in [2.45, 2.75) is 64.0 Å². The molecule has 0 aromatic carbocycles. The van der Waals surface area contributed by atoms with Crippen LogP contribution in [0.25, 0.3) is 0 Å². The van der Waals surface area contributed by atoms with Crippen LogP contribution in [-0.2, 0) is 11.3 Å². The van der Waals surface area contributed by atoms with Gasteiger partial charge in [0.1, 0.15) is 0 Å². The van der Waals surface area contributed by atoms with Crippen molar-refractivity contribution >= 4 is 17.7 Å². The van der Waals surface area contributed by atoms with Crippen molar-refractivity contribution in [3.05, 3.63) is 30.1 Å². The number of thioether (sulfide) groups is 1. The molecule has 0 bridgehead atoms. The Morgan fingerprint density at radius 3 is 2.85 bits per heavy atom. The van der Waals surface area contributed by atoms with E-state index in [-0.39, 0.29) is 0 Å². The molecular weight excluding hydrogens is 354 g/mol. The molecule has 1 aromatic rings. The Labute approximate surface area is 169 Å². The van der Waals surface area contributed by atoms with Crippen LogP contribution in [0.1, 0.15) is 56.9 Å². The van der Waals surface area contributed by atoms with E-state index in [9.17, 15) is 4.79 Å². The molecule has 0 N–H and O–H groups in total. The molecule has 4 nitrogen and oxygen atoms in total. The molecule has 1 atom stereocenters. The van der Waals surface area contributed by atoms with Gasteiger partial charge in [0.05, 0.1) is 0 Å². The van der Waals surface area contributed by atoms with E-state index < -0.39 is 0 Å². The van der Waals surface area contributed by atoms with Crippen LogP contribution < -0.4 is 0 Å². The van der Waals surface area contributed by atoms with Crippen LogP contribution in [-0.4, -0.2) is 58.4 Å². The molecule has 2 fully saturated rings. The Balaban J connectivity index is 1.60. The van der Waals surface area contributed by atoms with E-state index in [4.69, 9.17) is 0 Å². The van der Waals surface area contributed by atoms with Crippen LogP contribution in [0.3, 0.4) is 0 Å². The molecule has 27 heavy (non-hydrogen) atoms. The molecule has 0 spiro atoms. The summed E-state index contributed by atoms with van der Waals surface area (Å²) in [6, 6.07) is 4.84. The number of likely N-dealkylation sites (tertiary alicyclic amines) is 1. The summed E-state index contributed by atoms with van der Waals surface area (Å²) in [4.78, 5) is 21.9. The molecule has 1 unspecified atom stereocenters. The summed E-state index contributed by atoms with van der Waals surface area (Å²) >= 11 is 1.75. The van der Waals surface area contributed by atoms with E-state index in [0.717, 1.165) is 23.9 Å². The molecule has 1 amide bonds. The zero-order valence-corrected chi connectivity index (χ0v) is 17.6. The van der Waals surface area contributed by atoms with Crippen LogP contribution in [0.2, 0.25) is 0 Å². The summed E-state index contributed by atoms with van der Waals surface area (Å²) in [6.45, 7) is 4.01. The number of nitrogens with zero attached hydrogens (tertiary/aromatic N) is 3. The Bertz CT molecular complexity index is 562. The highest BCUT2D eigenvalue weighted by Crippen LogP contribution is 2.28. The van der Waals surface area contributed by atoms with Crippen LogP contribution in [0.4, 0.5) is 0 Å². The zero-order valence-electron chi connectivity index (χ0n) is 16.8. The van der Waals surface area contributed by atoms with Crippen molar-refractivity contribution in [2.75, 3.05) is 31.6 Å². The topological polar surface area (TPSA) is 36.4 Å². The number of carbonyl (C=O) groups excluding carboxylic acids is 1. The van der Waals surface area contributed by atoms with Gasteiger partial charge < -0.3 is 9.80 Å². The lowest BCUT2D eigenvalue weighted by atomic mass is 9.90. The minimum atomic E-state index is 0.294. The highest BCUT2D eigenvalue weighted by atomic mass is 32.2. The Hall–Kier alpha value is -1.07. The third-order valence-electron chi connectivity index (χ3n) is 6.09. The van der Waals surface area contributed by atoms with Crippen molar-refractivity contribution < 1.29 is 4.79 Å². The minimum Gasteiger partial charge on any atom is -0.338 e. The van der Waals surface area contributed by atoms with E-state index >= 15 is 0 Å². The monoisotopic (exact) mass is 389 g/mol. The van der Waals surface area contributed by atoms with Gasteiger partial charge in [-0.15, -0.1) is 0 Å². The molecule has 1 aliphatic carbocycles. The minimum absolute atomic E-state index is 0.294. The summed E-state index contributed by atoms with van der Waals surface area (Å²) in [6.07, 6.45) is 15.9. The quantitative estimate of drug-likeness (QED) is 0.667. The first-order valence-electron chi connectivity index (χ1n) is 10.7. The molecule has 2 aliphatic rings. The fourth-order valence-corrected chi connectivity index (χ4v) is 5.03. The summed E-state index contributed by atoms with van der Waals surface area (Å²) in [5, 5.41) is 0. The molecular formula is C22H35N3OS. The van der Waals surface area contributed by atoms with Gasteiger partial charge in [0.2, 0.25) is 5.91 Å². The first kappa shape index (κ1) is 20.7. The fourth-order valence-electron chi connectivity index (χ4n) is 4.65. The largest absolute Gasteiger partial charge is 0.338 e. The average molecular weight is 390 g/mol. The summed E-state index contributed by atoms with van der Waals surface area (Å²) in [5.74, 6) is 1.81. The van der Waals surface area contributed by atoms with Crippen molar-refractivity contribution in [2.24, 2.45) is 5.92 Å². The lowest BCUT2D eigenvalue weighted by Gasteiger charge is -2.41. The summed E-state index contributed by atoms with van der Waals surface area (Å²) < 4.78 is 0. The lowest BCUT2D eigenvalue weighted by molar-refractivity contribution is -0.132. The second kappa shape index (κ2) is 11.1. The molecule has 1 saturated heterocycles. The van der Waals surface area contributed by atoms with Gasteiger partial charge in [-0.2, -0.15) is 11.8 Å². The Morgan fingerprint density at radius 2 is 2.11 bits per heavy atom. The Kier molecular flexibility index (Phi) is 8.46. The van der Waals surface area contributed by atoms with Crippen molar-refractivity contribution in [3.63, 3.8) is 0 Å². The molecule has 3 rings (SSSR count). The molecule has 5 heteroatoms. The van der Waals surface area contributed by atoms with E-state index in [2.05, 4.69) is 27.1 Å². The maximum Gasteiger partial charge on any atom is 0.223 e. The fraction of sp³-hybridized carbons (Fsp3) is 0.727. The second-order valence-corrected chi connectivity index (χ2v) is 9.16. The molecule has 2 heterocycles. The number of pyridine rings is 1. The van der Waals surface area contributed by atoms with Crippen molar-refractivity contribution in [1.82, 2.24) is 14.8 Å². The van der Waals surface area contributed by atoms with Gasteiger partial charge >= 0.3 is 0 Å². The number of amides is 1. The normalized spacial score (nSPS) is 21.9. The number of hydrogen-bond donors (Lipinski definition) is 0. The van der Waals surface area contributed by atoms with Crippen LogP contribution in [0.15, 0.2) is 24.5 Å². The molecule has 0 radical (unpaired) electrons. The van der Waals surface area contributed by atoms with Gasteiger partial charge in [0, 0.05) is 50.2 Å². The zero-order chi connectivity index (χ0) is 18.9. The van der Waals surface area contributed by atoms with E-state index in [0.29, 0.717) is 24.8 Å². The van der Waals surface area contributed by atoms with Gasteiger partial charge in [-0.3, -0.25) is 9.78 Å². The molecule has 1 aliphatic heterocycles. The van der Waals surface area contributed by atoms with Crippen molar-refractivity contribution in [1.29, 1.82) is 0 Å². The average Bonchev–Trinajstić information content (AvgIpc) is 2.73. The first-order chi connectivity index (χ1) is 13.3. The number of carbonyl (C=O) groups is 1. The highest BCUT2D eigenvalue weighted by Gasteiger charge is 2.29. The smallest absolute Gasteiger partial charge is 0.223 e. The molecule has 150 valence electrons. The number of hydrogen-bond acceptors (Lipinski definition) is 4. The first-order valence-corrected chi connectivity index (χ1v) is 12.1. The van der Waals surface area contributed by atoms with Gasteiger partial charge in [-0.1, -0.05) is 25.3 Å². The third kappa shape index (κ3) is 6.49.